The van der Waals surface area contributed by atoms with Gasteiger partial charge in [0, 0.05) is 107 Å². The summed E-state index contributed by atoms with van der Waals surface area (Å²) in [6.07, 6.45) is 0. The van der Waals surface area contributed by atoms with Crippen LogP contribution in [-0.4, -0.2) is 27.5 Å². The van der Waals surface area contributed by atoms with Crippen molar-refractivity contribution in [3.63, 3.8) is 0 Å². The number of rotatable bonds is 0. The molecule has 0 unspecified atom stereocenters. The SMILES string of the molecule is O=[Si]([O-])[O-].O=[Si]([O-])[O-].O=[Si]([O-])[O-].[Gd].[Gd].[Y+3].[Y+3]. The molecule has 0 radical (unpaired) electrons. The molecule has 16 heteroatoms. The molecular weight excluding hydrogens is 721 g/mol. The molecule has 0 fully saturated rings. The Kier molecular flexibility index (Phi) is 97.0. The summed E-state index contributed by atoms with van der Waals surface area (Å²) < 4.78 is 25.6. The van der Waals surface area contributed by atoms with Crippen LogP contribution in [-0.2, 0) is 78.8 Å². The first-order valence-electron chi connectivity index (χ1n) is 1.84. The van der Waals surface area contributed by atoms with E-state index in [9.17, 15) is 0 Å². The molecule has 9 nitrogen and oxygen atoms in total. The van der Waals surface area contributed by atoms with E-state index in [0.717, 1.165) is 0 Å². The maximum atomic E-state index is 8.52. The third-order valence-corrected chi connectivity index (χ3v) is 0. The van der Waals surface area contributed by atoms with E-state index in [2.05, 4.69) is 0 Å². The minimum Gasteiger partial charge on any atom is -0.672 e. The smallest absolute Gasteiger partial charge is 0.672 e. The van der Waals surface area contributed by atoms with Crippen molar-refractivity contribution in [2.75, 3.05) is 0 Å². The Bertz CT molecular complexity index is 124. The molecule has 0 amide bonds. The molecule has 0 aliphatic rings. The Hall–Kier alpha value is 3.71. The van der Waals surface area contributed by atoms with Gasteiger partial charge in [-0.3, -0.25) is 0 Å². The normalized spacial score (nSPS) is 4.50. The summed E-state index contributed by atoms with van der Waals surface area (Å²) in [5.41, 5.74) is 0. The fraction of sp³-hybridized carbons (Fsp3) is 0. The van der Waals surface area contributed by atoms with Crippen molar-refractivity contribution < 1.29 is 187 Å². The van der Waals surface area contributed by atoms with Crippen LogP contribution in [0.15, 0.2) is 0 Å². The van der Waals surface area contributed by atoms with Gasteiger partial charge >= 0.3 is 65.4 Å². The molecule has 16 heavy (non-hydrogen) atoms. The van der Waals surface area contributed by atoms with Gasteiger partial charge in [-0.05, 0) is 0 Å². The minimum absolute atomic E-state index is 0. The Morgan fingerprint density at radius 2 is 0.500 bits per heavy atom. The van der Waals surface area contributed by atoms with Crippen molar-refractivity contribution in [2.24, 2.45) is 0 Å². The van der Waals surface area contributed by atoms with Gasteiger partial charge in [0.25, 0.3) is 0 Å². The van der Waals surface area contributed by atoms with Gasteiger partial charge in [-0.15, -0.1) is 0 Å². The average molecular weight is 721 g/mol. The van der Waals surface area contributed by atoms with Crippen LogP contribution >= 0.6 is 0 Å². The fourth-order valence-corrected chi connectivity index (χ4v) is 0. The first-order chi connectivity index (χ1) is 5.20. The van der Waals surface area contributed by atoms with Crippen molar-refractivity contribution in [2.45, 2.75) is 0 Å². The molecule has 0 N–H and O–H groups in total. The van der Waals surface area contributed by atoms with Crippen LogP contribution < -0.4 is 28.8 Å². The zero-order valence-corrected chi connectivity index (χ0v) is 20.2. The quantitative estimate of drug-likeness (QED) is 0.219. The van der Waals surface area contributed by atoms with E-state index < -0.39 is 27.5 Å². The summed E-state index contributed by atoms with van der Waals surface area (Å²) in [4.78, 5) is 51.1. The van der Waals surface area contributed by atoms with Gasteiger partial charge in [-0.2, -0.15) is 0 Å². The topological polar surface area (TPSA) is 190 Å². The van der Waals surface area contributed by atoms with Gasteiger partial charge in [0.1, 0.15) is 0 Å². The molecule has 0 saturated heterocycles. The molecule has 0 aromatic carbocycles. The maximum Gasteiger partial charge on any atom is 3.00 e. The van der Waals surface area contributed by atoms with Gasteiger partial charge in [-0.1, -0.05) is 0 Å². The Balaban J connectivity index is -0.0000000135. The molecule has 0 bridgehead atoms. The summed E-state index contributed by atoms with van der Waals surface area (Å²) in [6, 6.07) is 0. The summed E-state index contributed by atoms with van der Waals surface area (Å²) >= 11 is 0. The van der Waals surface area contributed by atoms with Gasteiger partial charge < -0.3 is 42.2 Å². The second-order valence-electron chi connectivity index (χ2n) is 0.750. The van der Waals surface area contributed by atoms with E-state index in [1.165, 1.54) is 0 Å². The van der Waals surface area contributed by atoms with Crippen LogP contribution in [0.5, 0.6) is 0 Å². The second kappa shape index (κ2) is 36.3. The van der Waals surface area contributed by atoms with Gasteiger partial charge in [0.05, 0.1) is 0 Å². The largest absolute Gasteiger partial charge is 3.00 e. The molecule has 0 saturated carbocycles. The molecule has 0 aliphatic heterocycles. The molecule has 0 heterocycles. The summed E-state index contributed by atoms with van der Waals surface area (Å²) in [5, 5.41) is 0. The summed E-state index contributed by atoms with van der Waals surface area (Å²) in [6.45, 7) is 0. The zero-order chi connectivity index (χ0) is 10.7. The standard InChI is InChI=1S/2Gd.3O3Si.2Y/c;;3*1-4(2)3;;/q;;3*-2;2*+3. The molecule has 88 valence electrons. The van der Waals surface area contributed by atoms with Crippen LogP contribution in [0.1, 0.15) is 0 Å². The predicted molar refractivity (Wildman–Crippen MR) is 19.3 cm³/mol. The first-order valence-corrected chi connectivity index (χ1v) is 5.51. The van der Waals surface area contributed by atoms with Crippen molar-refractivity contribution in [1.82, 2.24) is 0 Å². The Morgan fingerprint density at radius 1 is 0.500 bits per heavy atom. The summed E-state index contributed by atoms with van der Waals surface area (Å²) in [5.74, 6) is 0. The predicted octanol–water partition coefficient (Wildman–Crippen LogP) is -8.64. The van der Waals surface area contributed by atoms with E-state index in [0.29, 0.717) is 0 Å². The van der Waals surface area contributed by atoms with Crippen LogP contribution in [0.25, 0.3) is 0 Å². The van der Waals surface area contributed by atoms with Crippen LogP contribution in [0.2, 0.25) is 0 Å². The molecule has 0 atom stereocenters. The maximum absolute atomic E-state index is 8.52. The van der Waals surface area contributed by atoms with Gasteiger partial charge in [0.15, 0.2) is 0 Å². The fourth-order valence-electron chi connectivity index (χ4n) is 0. The second-order valence-corrected chi connectivity index (χ2v) is 2.25. The van der Waals surface area contributed by atoms with Crippen molar-refractivity contribution in [1.29, 1.82) is 0 Å². The van der Waals surface area contributed by atoms with Crippen molar-refractivity contribution in [3.05, 3.63) is 0 Å². The molecule has 0 aromatic heterocycles. The van der Waals surface area contributed by atoms with E-state index in [-0.39, 0.29) is 145 Å². The monoisotopic (exact) mass is 722 g/mol. The minimum atomic E-state index is -3.63. The first kappa shape index (κ1) is 42.7. The average Bonchev–Trinajstić information content (AvgIpc) is 1.54. The zero-order valence-electron chi connectivity index (χ0n) is 7.04. The van der Waals surface area contributed by atoms with Crippen molar-refractivity contribution in [3.8, 4) is 0 Å². The molecule has 0 rings (SSSR count). The van der Waals surface area contributed by atoms with E-state index in [1.807, 2.05) is 0 Å². The van der Waals surface area contributed by atoms with Gasteiger partial charge in [-0.25, -0.2) is 0 Å². The Morgan fingerprint density at radius 3 is 0.500 bits per heavy atom. The van der Waals surface area contributed by atoms with Crippen LogP contribution in [0.4, 0.5) is 0 Å². The van der Waals surface area contributed by atoms with E-state index in [1.54, 1.807) is 0 Å². The van der Waals surface area contributed by atoms with Gasteiger partial charge in [0.2, 0.25) is 0 Å². The van der Waals surface area contributed by atoms with E-state index in [4.69, 9.17) is 42.2 Å². The third kappa shape index (κ3) is 360. The van der Waals surface area contributed by atoms with Crippen LogP contribution in [0.3, 0.4) is 0 Å². The molecule has 0 spiro atoms. The number of hydrogen-bond acceptors (Lipinski definition) is 9. The van der Waals surface area contributed by atoms with Crippen LogP contribution in [0, 0.1) is 79.9 Å². The van der Waals surface area contributed by atoms with Crippen molar-refractivity contribution >= 4 is 27.5 Å². The summed E-state index contributed by atoms with van der Waals surface area (Å²) in [7, 11) is -10.9. The number of hydrogen-bond donors (Lipinski definition) is 0. The van der Waals surface area contributed by atoms with E-state index >= 15 is 0 Å². The Labute approximate surface area is 210 Å². The third-order valence-electron chi connectivity index (χ3n) is 0. The molecular formula is Gd2O9Si3Y2. The molecule has 0 aromatic rings. The molecule has 0 aliphatic carbocycles.